The van der Waals surface area contributed by atoms with Gasteiger partial charge in [0.15, 0.2) is 5.78 Å². The van der Waals surface area contributed by atoms with E-state index in [0.29, 0.717) is 6.54 Å². The van der Waals surface area contributed by atoms with Crippen LogP contribution in [0.1, 0.15) is 34.2 Å². The Balaban J connectivity index is 2.16. The molecule has 3 nitrogen and oxygen atoms in total. The average Bonchev–Trinajstić information content (AvgIpc) is 2.76. The highest BCUT2D eigenvalue weighted by atomic mass is 16.1. The predicted molar refractivity (Wildman–Crippen MR) is 83.7 cm³/mol. The number of ketones is 1. The Bertz CT molecular complexity index is 596. The van der Waals surface area contributed by atoms with Crippen LogP contribution in [0.3, 0.4) is 0 Å². The van der Waals surface area contributed by atoms with Gasteiger partial charge < -0.3 is 9.88 Å². The van der Waals surface area contributed by atoms with Crippen LogP contribution in [0.4, 0.5) is 5.69 Å². The van der Waals surface area contributed by atoms with Crippen molar-refractivity contribution in [3.05, 3.63) is 52.8 Å². The lowest BCUT2D eigenvalue weighted by Gasteiger charge is -2.22. The normalized spacial score (nSPS) is 10.6. The topological polar surface area (TPSA) is 36.1 Å². The Labute approximate surface area is 120 Å². The van der Waals surface area contributed by atoms with Crippen molar-refractivity contribution in [3.63, 3.8) is 0 Å². The third-order valence-electron chi connectivity index (χ3n) is 3.57. The van der Waals surface area contributed by atoms with Crippen molar-refractivity contribution in [2.24, 2.45) is 0 Å². The van der Waals surface area contributed by atoms with E-state index in [1.807, 2.05) is 19.9 Å². The largest absolute Gasteiger partial charge is 0.364 e. The summed E-state index contributed by atoms with van der Waals surface area (Å²) in [6.07, 6.45) is 0. The van der Waals surface area contributed by atoms with Crippen molar-refractivity contribution >= 4 is 11.5 Å². The smallest absolute Gasteiger partial charge is 0.183 e. The minimum atomic E-state index is 0.161. The van der Waals surface area contributed by atoms with Crippen molar-refractivity contribution in [1.82, 2.24) is 4.98 Å². The number of nitrogens with one attached hydrogen (secondary N) is 1. The Kier molecular flexibility index (Phi) is 4.28. The molecular formula is C17H22N2O. The summed E-state index contributed by atoms with van der Waals surface area (Å²) in [6.45, 7) is 9.29. The van der Waals surface area contributed by atoms with Crippen LogP contribution in [0.5, 0.6) is 0 Å². The summed E-state index contributed by atoms with van der Waals surface area (Å²) in [5.74, 6) is 0.161. The fraction of sp³-hybridized carbons (Fsp3) is 0.353. The number of rotatable bonds is 5. The van der Waals surface area contributed by atoms with Gasteiger partial charge in [-0.1, -0.05) is 17.7 Å². The molecule has 0 bridgehead atoms. The van der Waals surface area contributed by atoms with Gasteiger partial charge in [0.25, 0.3) is 0 Å². The molecule has 0 aliphatic carbocycles. The number of hydrogen-bond acceptors (Lipinski definition) is 2. The first kappa shape index (κ1) is 14.4. The first-order valence-electron chi connectivity index (χ1n) is 7.02. The van der Waals surface area contributed by atoms with E-state index < -0.39 is 0 Å². The average molecular weight is 270 g/mol. The molecule has 0 saturated carbocycles. The van der Waals surface area contributed by atoms with Crippen LogP contribution in [0.2, 0.25) is 0 Å². The molecule has 0 amide bonds. The van der Waals surface area contributed by atoms with Gasteiger partial charge in [0.2, 0.25) is 0 Å². The third-order valence-corrected chi connectivity index (χ3v) is 3.57. The van der Waals surface area contributed by atoms with E-state index in [2.05, 4.69) is 48.0 Å². The lowest BCUT2D eigenvalue weighted by molar-refractivity contribution is 0.0999. The zero-order valence-corrected chi connectivity index (χ0v) is 12.7. The minimum Gasteiger partial charge on any atom is -0.364 e. The molecule has 0 unspecified atom stereocenters. The van der Waals surface area contributed by atoms with Crippen LogP contribution >= 0.6 is 0 Å². The van der Waals surface area contributed by atoms with Crippen molar-refractivity contribution in [3.8, 4) is 0 Å². The van der Waals surface area contributed by atoms with E-state index in [1.54, 1.807) is 0 Å². The van der Waals surface area contributed by atoms with Crippen LogP contribution < -0.4 is 4.90 Å². The maximum absolute atomic E-state index is 12.4. The standard InChI is InChI=1S/C17H22N2O/c1-5-19(15-8-6-12(2)7-9-15)11-17(20)16-10-13(3)18-14(16)4/h6-10,18H,5,11H2,1-4H3. The fourth-order valence-corrected chi connectivity index (χ4v) is 2.41. The Hall–Kier alpha value is -2.03. The molecule has 2 rings (SSSR count). The summed E-state index contributed by atoms with van der Waals surface area (Å²) in [4.78, 5) is 17.7. The zero-order valence-electron chi connectivity index (χ0n) is 12.7. The molecule has 0 aliphatic heterocycles. The molecule has 0 radical (unpaired) electrons. The number of carbonyl (C=O) groups excluding carboxylic acids is 1. The molecule has 1 aromatic carbocycles. The number of aromatic nitrogens is 1. The van der Waals surface area contributed by atoms with E-state index in [-0.39, 0.29) is 5.78 Å². The summed E-state index contributed by atoms with van der Waals surface area (Å²) >= 11 is 0. The molecule has 106 valence electrons. The summed E-state index contributed by atoms with van der Waals surface area (Å²) in [7, 11) is 0. The molecule has 2 aromatic rings. The molecule has 1 N–H and O–H groups in total. The minimum absolute atomic E-state index is 0.161. The Morgan fingerprint density at radius 3 is 2.30 bits per heavy atom. The quantitative estimate of drug-likeness (QED) is 0.842. The summed E-state index contributed by atoms with van der Waals surface area (Å²) in [5, 5.41) is 0. The predicted octanol–water partition coefficient (Wildman–Crippen LogP) is 3.65. The van der Waals surface area contributed by atoms with Gasteiger partial charge in [0, 0.05) is 29.2 Å². The molecule has 0 saturated heterocycles. The van der Waals surface area contributed by atoms with Gasteiger partial charge in [-0.25, -0.2) is 0 Å². The van der Waals surface area contributed by atoms with Gasteiger partial charge in [-0.3, -0.25) is 4.79 Å². The number of anilines is 1. The summed E-state index contributed by atoms with van der Waals surface area (Å²) in [6, 6.07) is 10.2. The molecule has 0 aliphatic rings. The molecular weight excluding hydrogens is 248 g/mol. The van der Waals surface area contributed by atoms with Gasteiger partial charge in [0.1, 0.15) is 0 Å². The van der Waals surface area contributed by atoms with E-state index in [1.165, 1.54) is 5.56 Å². The second-order valence-electron chi connectivity index (χ2n) is 5.26. The second kappa shape index (κ2) is 5.95. The van der Waals surface area contributed by atoms with Crippen molar-refractivity contribution < 1.29 is 4.79 Å². The highest BCUT2D eigenvalue weighted by Crippen LogP contribution is 2.17. The van der Waals surface area contributed by atoms with Gasteiger partial charge >= 0.3 is 0 Å². The van der Waals surface area contributed by atoms with Gasteiger partial charge in [-0.15, -0.1) is 0 Å². The summed E-state index contributed by atoms with van der Waals surface area (Å²) in [5.41, 5.74) is 5.11. The highest BCUT2D eigenvalue weighted by Gasteiger charge is 2.15. The zero-order chi connectivity index (χ0) is 14.7. The number of carbonyl (C=O) groups is 1. The van der Waals surface area contributed by atoms with Gasteiger partial charge in [-0.05, 0) is 45.9 Å². The van der Waals surface area contributed by atoms with E-state index >= 15 is 0 Å². The number of aryl methyl sites for hydroxylation is 3. The van der Waals surface area contributed by atoms with E-state index in [4.69, 9.17) is 0 Å². The van der Waals surface area contributed by atoms with Crippen LogP contribution in [-0.2, 0) is 0 Å². The Morgan fingerprint density at radius 1 is 1.15 bits per heavy atom. The molecule has 0 fully saturated rings. The van der Waals surface area contributed by atoms with Crippen molar-refractivity contribution in [2.75, 3.05) is 18.0 Å². The number of nitrogens with zero attached hydrogens (tertiary/aromatic N) is 1. The summed E-state index contributed by atoms with van der Waals surface area (Å²) < 4.78 is 0. The van der Waals surface area contributed by atoms with Gasteiger partial charge in [0.05, 0.1) is 6.54 Å². The highest BCUT2D eigenvalue weighted by molar-refractivity contribution is 6.00. The lowest BCUT2D eigenvalue weighted by atomic mass is 10.1. The maximum Gasteiger partial charge on any atom is 0.183 e. The first-order chi connectivity index (χ1) is 9.51. The monoisotopic (exact) mass is 270 g/mol. The van der Waals surface area contributed by atoms with Crippen LogP contribution in [0.15, 0.2) is 30.3 Å². The van der Waals surface area contributed by atoms with Crippen molar-refractivity contribution in [1.29, 1.82) is 0 Å². The maximum atomic E-state index is 12.4. The number of benzene rings is 1. The second-order valence-corrected chi connectivity index (χ2v) is 5.26. The number of Topliss-reactive ketones (excluding diaryl/α,β-unsaturated/α-hetero) is 1. The molecule has 3 heteroatoms. The van der Waals surface area contributed by atoms with Gasteiger partial charge in [-0.2, -0.15) is 0 Å². The number of H-pyrrole nitrogens is 1. The van der Waals surface area contributed by atoms with Crippen molar-refractivity contribution in [2.45, 2.75) is 27.7 Å². The molecule has 0 spiro atoms. The lowest BCUT2D eigenvalue weighted by Crippen LogP contribution is -2.29. The first-order valence-corrected chi connectivity index (χ1v) is 7.02. The van der Waals surface area contributed by atoms with Crippen LogP contribution in [0, 0.1) is 20.8 Å². The van der Waals surface area contributed by atoms with E-state index in [0.717, 1.165) is 29.2 Å². The molecule has 20 heavy (non-hydrogen) atoms. The number of aromatic amines is 1. The molecule has 1 heterocycles. The Morgan fingerprint density at radius 2 is 1.80 bits per heavy atom. The third kappa shape index (κ3) is 3.10. The van der Waals surface area contributed by atoms with E-state index in [9.17, 15) is 4.79 Å². The molecule has 0 atom stereocenters. The van der Waals surface area contributed by atoms with Crippen LogP contribution in [0.25, 0.3) is 0 Å². The molecule has 1 aromatic heterocycles. The number of likely N-dealkylation sites (N-methyl/N-ethyl adjacent to an activating group) is 1. The SMILES string of the molecule is CCN(CC(=O)c1cc(C)[nH]c1C)c1ccc(C)cc1. The van der Waals surface area contributed by atoms with Crippen LogP contribution in [-0.4, -0.2) is 23.9 Å². The number of hydrogen-bond donors (Lipinski definition) is 1. The fourth-order valence-electron chi connectivity index (χ4n) is 2.41.